The van der Waals surface area contributed by atoms with Crippen LogP contribution in [0, 0.1) is 0 Å². The molecule has 2 aliphatic rings. The van der Waals surface area contributed by atoms with Gasteiger partial charge in [0.1, 0.15) is 5.82 Å². The number of piperidine rings is 1. The highest BCUT2D eigenvalue weighted by molar-refractivity contribution is 9.10. The van der Waals surface area contributed by atoms with Crippen molar-refractivity contribution in [3.05, 3.63) is 16.0 Å². The Bertz CT molecular complexity index is 415. The fourth-order valence-electron chi connectivity index (χ4n) is 2.66. The zero-order valence-electron chi connectivity index (χ0n) is 9.88. The molecule has 2 aliphatic heterocycles. The van der Waals surface area contributed by atoms with E-state index in [9.17, 15) is 0 Å². The first kappa shape index (κ1) is 11.4. The van der Waals surface area contributed by atoms with E-state index in [1.54, 1.807) is 0 Å². The first-order valence-corrected chi connectivity index (χ1v) is 7.15. The maximum Gasteiger partial charge on any atom is 0.198 e. The SMILES string of the molecule is Brc1nc2c(c(N3CCCCC3)n1)CNCC2. The van der Waals surface area contributed by atoms with Crippen LogP contribution in [0.4, 0.5) is 5.82 Å². The average Bonchev–Trinajstić information content (AvgIpc) is 2.39. The molecule has 92 valence electrons. The number of halogens is 1. The van der Waals surface area contributed by atoms with Gasteiger partial charge in [0.2, 0.25) is 0 Å². The van der Waals surface area contributed by atoms with Gasteiger partial charge in [-0.3, -0.25) is 0 Å². The standard InChI is InChI=1S/C12H17BrN4/c13-12-15-10-4-5-14-8-9(10)11(16-12)17-6-2-1-3-7-17/h14H,1-8H2. The van der Waals surface area contributed by atoms with Crippen LogP contribution in [0.5, 0.6) is 0 Å². The molecule has 17 heavy (non-hydrogen) atoms. The van der Waals surface area contributed by atoms with Crippen LogP contribution in [0.25, 0.3) is 0 Å². The maximum absolute atomic E-state index is 4.60. The van der Waals surface area contributed by atoms with Gasteiger partial charge in [0.05, 0.1) is 5.69 Å². The third-order valence-electron chi connectivity index (χ3n) is 3.54. The number of hydrogen-bond acceptors (Lipinski definition) is 4. The van der Waals surface area contributed by atoms with Crippen molar-refractivity contribution in [3.8, 4) is 0 Å². The lowest BCUT2D eigenvalue weighted by molar-refractivity contribution is 0.560. The summed E-state index contributed by atoms with van der Waals surface area (Å²) in [6.07, 6.45) is 4.92. The Morgan fingerprint density at radius 3 is 2.76 bits per heavy atom. The first-order chi connectivity index (χ1) is 8.34. The number of rotatable bonds is 1. The minimum absolute atomic E-state index is 0.735. The summed E-state index contributed by atoms with van der Waals surface area (Å²) in [6.45, 7) is 4.20. The van der Waals surface area contributed by atoms with Crippen LogP contribution in [-0.2, 0) is 13.0 Å². The summed E-state index contributed by atoms with van der Waals surface area (Å²) in [6, 6.07) is 0. The Hall–Kier alpha value is -0.680. The number of anilines is 1. The van der Waals surface area contributed by atoms with Crippen molar-refractivity contribution < 1.29 is 0 Å². The Labute approximate surface area is 110 Å². The Kier molecular flexibility index (Phi) is 3.29. The zero-order chi connectivity index (χ0) is 11.7. The molecule has 0 saturated carbocycles. The van der Waals surface area contributed by atoms with Gasteiger partial charge in [-0.1, -0.05) is 0 Å². The van der Waals surface area contributed by atoms with Crippen LogP contribution >= 0.6 is 15.9 Å². The van der Waals surface area contributed by atoms with Crippen LogP contribution in [0.15, 0.2) is 4.73 Å². The third kappa shape index (κ3) is 2.31. The van der Waals surface area contributed by atoms with Gasteiger partial charge in [-0.05, 0) is 35.2 Å². The average molecular weight is 297 g/mol. The van der Waals surface area contributed by atoms with Crippen molar-refractivity contribution in [1.29, 1.82) is 0 Å². The van der Waals surface area contributed by atoms with E-state index in [1.807, 2.05) is 0 Å². The van der Waals surface area contributed by atoms with Crippen molar-refractivity contribution in [2.45, 2.75) is 32.2 Å². The van der Waals surface area contributed by atoms with Gasteiger partial charge in [-0.2, -0.15) is 0 Å². The molecule has 0 spiro atoms. The van der Waals surface area contributed by atoms with Gasteiger partial charge in [-0.25, -0.2) is 9.97 Å². The Balaban J connectivity index is 1.98. The van der Waals surface area contributed by atoms with Crippen LogP contribution in [0.2, 0.25) is 0 Å². The third-order valence-corrected chi connectivity index (χ3v) is 3.89. The molecule has 1 aromatic rings. The van der Waals surface area contributed by atoms with Gasteiger partial charge in [0.15, 0.2) is 4.73 Å². The van der Waals surface area contributed by atoms with Gasteiger partial charge in [0, 0.05) is 38.2 Å². The predicted octanol–water partition coefficient (Wildman–Crippen LogP) is 1.88. The molecular weight excluding hydrogens is 280 g/mol. The van der Waals surface area contributed by atoms with Crippen LogP contribution < -0.4 is 10.2 Å². The van der Waals surface area contributed by atoms with Gasteiger partial charge in [0.25, 0.3) is 0 Å². The van der Waals surface area contributed by atoms with Crippen molar-refractivity contribution in [2.75, 3.05) is 24.5 Å². The fourth-order valence-corrected chi connectivity index (χ4v) is 3.05. The highest BCUT2D eigenvalue weighted by Crippen LogP contribution is 2.27. The summed E-state index contributed by atoms with van der Waals surface area (Å²) < 4.78 is 0.735. The smallest absolute Gasteiger partial charge is 0.198 e. The second-order valence-corrected chi connectivity index (χ2v) is 5.43. The summed E-state index contributed by atoms with van der Waals surface area (Å²) in [4.78, 5) is 11.5. The van der Waals surface area contributed by atoms with E-state index in [-0.39, 0.29) is 0 Å². The minimum Gasteiger partial charge on any atom is -0.356 e. The fraction of sp³-hybridized carbons (Fsp3) is 0.667. The number of fused-ring (bicyclic) bond motifs is 1. The molecule has 0 aliphatic carbocycles. The number of aromatic nitrogens is 2. The first-order valence-electron chi connectivity index (χ1n) is 6.35. The van der Waals surface area contributed by atoms with Gasteiger partial charge >= 0.3 is 0 Å². The van der Waals surface area contributed by atoms with Crippen LogP contribution in [-0.4, -0.2) is 29.6 Å². The molecule has 5 heteroatoms. The normalized spacial score (nSPS) is 20.2. The van der Waals surface area contributed by atoms with E-state index >= 15 is 0 Å². The molecule has 1 aromatic heterocycles. The monoisotopic (exact) mass is 296 g/mol. The molecular formula is C12H17BrN4. The van der Waals surface area contributed by atoms with E-state index < -0.39 is 0 Å². The summed E-state index contributed by atoms with van der Waals surface area (Å²) in [5.41, 5.74) is 2.52. The van der Waals surface area contributed by atoms with E-state index in [1.165, 1.54) is 30.5 Å². The lowest BCUT2D eigenvalue weighted by Crippen LogP contribution is -2.34. The predicted molar refractivity (Wildman–Crippen MR) is 71.2 cm³/mol. The second kappa shape index (κ2) is 4.90. The molecule has 0 aromatic carbocycles. The van der Waals surface area contributed by atoms with Crippen molar-refractivity contribution in [1.82, 2.24) is 15.3 Å². The lowest BCUT2D eigenvalue weighted by Gasteiger charge is -2.31. The Morgan fingerprint density at radius 1 is 1.12 bits per heavy atom. The summed E-state index contributed by atoms with van der Waals surface area (Å²) >= 11 is 3.44. The highest BCUT2D eigenvalue weighted by atomic mass is 79.9. The zero-order valence-corrected chi connectivity index (χ0v) is 11.5. The molecule has 0 amide bonds. The molecule has 4 nitrogen and oxygen atoms in total. The van der Waals surface area contributed by atoms with Crippen LogP contribution in [0.3, 0.4) is 0 Å². The van der Waals surface area contributed by atoms with E-state index in [4.69, 9.17) is 0 Å². The molecule has 0 radical (unpaired) electrons. The largest absolute Gasteiger partial charge is 0.356 e. The minimum atomic E-state index is 0.735. The molecule has 0 bridgehead atoms. The van der Waals surface area contributed by atoms with Gasteiger partial charge < -0.3 is 10.2 Å². The molecule has 1 saturated heterocycles. The van der Waals surface area contributed by atoms with E-state index in [2.05, 4.69) is 36.1 Å². The summed E-state index contributed by atoms with van der Waals surface area (Å²) in [5.74, 6) is 1.15. The van der Waals surface area contributed by atoms with Crippen LogP contribution in [0.1, 0.15) is 30.5 Å². The molecule has 3 heterocycles. The van der Waals surface area contributed by atoms with Crippen molar-refractivity contribution in [2.24, 2.45) is 0 Å². The van der Waals surface area contributed by atoms with Crippen molar-refractivity contribution in [3.63, 3.8) is 0 Å². The number of nitrogens with zero attached hydrogens (tertiary/aromatic N) is 3. The quantitative estimate of drug-likeness (QED) is 0.804. The van der Waals surface area contributed by atoms with E-state index in [0.29, 0.717) is 0 Å². The Morgan fingerprint density at radius 2 is 1.94 bits per heavy atom. The number of hydrogen-bond donors (Lipinski definition) is 1. The second-order valence-electron chi connectivity index (χ2n) is 4.72. The molecule has 0 atom stereocenters. The summed E-state index contributed by atoms with van der Waals surface area (Å²) in [5, 5.41) is 3.42. The van der Waals surface area contributed by atoms with Crippen molar-refractivity contribution >= 4 is 21.7 Å². The number of nitrogens with one attached hydrogen (secondary N) is 1. The molecule has 1 fully saturated rings. The molecule has 1 N–H and O–H groups in total. The summed E-state index contributed by atoms with van der Waals surface area (Å²) in [7, 11) is 0. The topological polar surface area (TPSA) is 41.1 Å². The van der Waals surface area contributed by atoms with E-state index in [0.717, 1.165) is 43.2 Å². The lowest BCUT2D eigenvalue weighted by atomic mass is 10.1. The highest BCUT2D eigenvalue weighted by Gasteiger charge is 2.22. The maximum atomic E-state index is 4.60. The molecule has 0 unspecified atom stereocenters. The molecule has 3 rings (SSSR count). The van der Waals surface area contributed by atoms with Gasteiger partial charge in [-0.15, -0.1) is 0 Å².